The van der Waals surface area contributed by atoms with Crippen LogP contribution >= 0.6 is 0 Å². The van der Waals surface area contributed by atoms with Gasteiger partial charge in [-0.05, 0) is 0 Å². The van der Waals surface area contributed by atoms with E-state index >= 15 is 0 Å². The van der Waals surface area contributed by atoms with E-state index in [0.29, 0.717) is 0 Å². The van der Waals surface area contributed by atoms with E-state index in [1.165, 1.54) is 6.92 Å². The van der Waals surface area contributed by atoms with Crippen molar-refractivity contribution in [3.8, 4) is 0 Å². The summed E-state index contributed by atoms with van der Waals surface area (Å²) in [4.78, 5) is 18.7. The van der Waals surface area contributed by atoms with E-state index in [9.17, 15) is 4.79 Å². The summed E-state index contributed by atoms with van der Waals surface area (Å²) in [5.74, 6) is -0.829. The van der Waals surface area contributed by atoms with Crippen LogP contribution in [0.25, 0.3) is 0 Å². The van der Waals surface area contributed by atoms with Crippen LogP contribution in [-0.2, 0) is 9.59 Å². The van der Waals surface area contributed by atoms with Gasteiger partial charge in [0.2, 0.25) is 5.91 Å². The van der Waals surface area contributed by atoms with Crippen LogP contribution < -0.4 is 5.32 Å². The number of carbonyl (C=O) groups is 2. The second kappa shape index (κ2) is 6.94. The Balaban J connectivity index is 0. The van der Waals surface area contributed by atoms with E-state index in [0.717, 1.165) is 6.92 Å². The Kier molecular flexibility index (Phi) is 8.36. The lowest BCUT2D eigenvalue weighted by atomic mass is 10.7. The topological polar surface area (TPSA) is 66.4 Å². The predicted molar refractivity (Wildman–Crippen MR) is 33.1 cm³/mol. The molecule has 1 amide bonds. The standard InChI is InChI=1S/C3H7NO.C2H4O2/c1-3(5)4-2;1-2(3)4/h1-2H3,(H,4,5);1H3,(H,3,4). The zero-order valence-electron chi connectivity index (χ0n) is 5.76. The van der Waals surface area contributed by atoms with Crippen molar-refractivity contribution in [1.29, 1.82) is 0 Å². The summed E-state index contributed by atoms with van der Waals surface area (Å²) in [6.45, 7) is 2.56. The molecule has 0 aliphatic rings. The average Bonchev–Trinajstić information content (AvgIpc) is 1.65. The smallest absolute Gasteiger partial charge is 0.300 e. The lowest BCUT2D eigenvalue weighted by Crippen LogP contribution is -2.11. The number of rotatable bonds is 0. The Labute approximate surface area is 53.9 Å². The van der Waals surface area contributed by atoms with Gasteiger partial charge >= 0.3 is 0 Å². The molecule has 0 aromatic heterocycles. The monoisotopic (exact) mass is 133 g/mol. The van der Waals surface area contributed by atoms with Crippen molar-refractivity contribution in [2.45, 2.75) is 13.8 Å². The first-order chi connectivity index (χ1) is 4.00. The molecule has 0 spiro atoms. The Morgan fingerprint density at radius 2 is 1.44 bits per heavy atom. The SMILES string of the molecule is CC(=O)O.CNC(C)=O. The molecule has 0 heterocycles. The highest BCUT2D eigenvalue weighted by molar-refractivity contribution is 5.72. The van der Waals surface area contributed by atoms with Crippen molar-refractivity contribution in [3.63, 3.8) is 0 Å². The fraction of sp³-hybridized carbons (Fsp3) is 0.600. The second-order valence-corrected chi connectivity index (χ2v) is 1.33. The van der Waals surface area contributed by atoms with Gasteiger partial charge in [0.15, 0.2) is 0 Å². The third kappa shape index (κ3) is 192. The second-order valence-electron chi connectivity index (χ2n) is 1.33. The van der Waals surface area contributed by atoms with Crippen molar-refractivity contribution in [2.75, 3.05) is 7.05 Å². The van der Waals surface area contributed by atoms with Crippen molar-refractivity contribution >= 4 is 11.9 Å². The molecule has 4 nitrogen and oxygen atoms in total. The van der Waals surface area contributed by atoms with E-state index in [-0.39, 0.29) is 5.91 Å². The maximum Gasteiger partial charge on any atom is 0.300 e. The van der Waals surface area contributed by atoms with Gasteiger partial charge < -0.3 is 10.4 Å². The number of nitrogens with one attached hydrogen (secondary N) is 1. The van der Waals surface area contributed by atoms with E-state index in [1.54, 1.807) is 7.05 Å². The quantitative estimate of drug-likeness (QED) is 0.482. The lowest BCUT2D eigenvalue weighted by Gasteiger charge is -1.80. The first-order valence-corrected chi connectivity index (χ1v) is 2.38. The van der Waals surface area contributed by atoms with Gasteiger partial charge in [0.05, 0.1) is 0 Å². The van der Waals surface area contributed by atoms with Crippen LogP contribution in [0.15, 0.2) is 0 Å². The molecule has 0 fully saturated rings. The molecule has 2 N–H and O–H groups in total. The van der Waals surface area contributed by atoms with Gasteiger partial charge in [0.1, 0.15) is 0 Å². The first-order valence-electron chi connectivity index (χ1n) is 2.38. The average molecular weight is 133 g/mol. The molecule has 0 aromatic rings. The maximum absolute atomic E-state index is 9.70. The normalized spacial score (nSPS) is 6.56. The lowest BCUT2D eigenvalue weighted by molar-refractivity contribution is -0.134. The van der Waals surface area contributed by atoms with E-state index in [4.69, 9.17) is 9.90 Å². The minimum atomic E-state index is -0.833. The Bertz CT molecular complexity index is 96.4. The number of aliphatic carboxylic acids is 1. The van der Waals surface area contributed by atoms with E-state index in [2.05, 4.69) is 5.32 Å². The molecule has 0 unspecified atom stereocenters. The highest BCUT2D eigenvalue weighted by atomic mass is 16.4. The maximum atomic E-state index is 9.70. The molecule has 0 saturated heterocycles. The zero-order valence-corrected chi connectivity index (χ0v) is 5.76. The number of hydrogen-bond acceptors (Lipinski definition) is 2. The third-order valence-corrected chi connectivity index (χ3v) is 0.352. The van der Waals surface area contributed by atoms with E-state index in [1.807, 2.05) is 0 Å². The molecule has 0 atom stereocenters. The van der Waals surface area contributed by atoms with Crippen LogP contribution in [0, 0.1) is 0 Å². The van der Waals surface area contributed by atoms with Crippen molar-refractivity contribution in [3.05, 3.63) is 0 Å². The molecule has 9 heavy (non-hydrogen) atoms. The summed E-state index contributed by atoms with van der Waals surface area (Å²) in [5.41, 5.74) is 0. The molecule has 54 valence electrons. The summed E-state index contributed by atoms with van der Waals surface area (Å²) in [7, 11) is 1.60. The fourth-order valence-corrected chi connectivity index (χ4v) is 0. The number of carbonyl (C=O) groups excluding carboxylic acids is 1. The van der Waals surface area contributed by atoms with E-state index < -0.39 is 5.97 Å². The minimum Gasteiger partial charge on any atom is -0.481 e. The largest absolute Gasteiger partial charge is 0.481 e. The zero-order chi connectivity index (χ0) is 7.86. The van der Waals surface area contributed by atoms with Crippen LogP contribution in [-0.4, -0.2) is 24.0 Å². The molecule has 4 heteroatoms. The summed E-state index contributed by atoms with van der Waals surface area (Å²) in [6.07, 6.45) is 0. The number of hydrogen-bond donors (Lipinski definition) is 2. The van der Waals surface area contributed by atoms with Gasteiger partial charge in [-0.3, -0.25) is 9.59 Å². The van der Waals surface area contributed by atoms with Gasteiger partial charge in [-0.15, -0.1) is 0 Å². The third-order valence-electron chi connectivity index (χ3n) is 0.352. The highest BCUT2D eigenvalue weighted by Gasteiger charge is 1.72. The molecule has 0 saturated carbocycles. The Hall–Kier alpha value is -1.06. The molecule has 0 rings (SSSR count). The molecule has 0 aromatic carbocycles. The Morgan fingerprint density at radius 3 is 1.44 bits per heavy atom. The van der Waals surface area contributed by atoms with Crippen LogP contribution in [0.4, 0.5) is 0 Å². The van der Waals surface area contributed by atoms with Crippen molar-refractivity contribution < 1.29 is 14.7 Å². The van der Waals surface area contributed by atoms with Crippen molar-refractivity contribution in [2.24, 2.45) is 0 Å². The molecule has 0 bridgehead atoms. The van der Waals surface area contributed by atoms with Gasteiger partial charge in [-0.25, -0.2) is 0 Å². The van der Waals surface area contributed by atoms with Crippen molar-refractivity contribution in [1.82, 2.24) is 5.32 Å². The van der Waals surface area contributed by atoms with Gasteiger partial charge in [-0.1, -0.05) is 0 Å². The summed E-state index contributed by atoms with van der Waals surface area (Å²) < 4.78 is 0. The summed E-state index contributed by atoms with van der Waals surface area (Å²) in [6, 6.07) is 0. The Morgan fingerprint density at radius 1 is 1.33 bits per heavy atom. The van der Waals surface area contributed by atoms with Crippen LogP contribution in [0.2, 0.25) is 0 Å². The number of amides is 1. The number of carboxylic acids is 1. The van der Waals surface area contributed by atoms with Gasteiger partial charge in [0, 0.05) is 20.9 Å². The van der Waals surface area contributed by atoms with Gasteiger partial charge in [-0.2, -0.15) is 0 Å². The summed E-state index contributed by atoms with van der Waals surface area (Å²) in [5, 5.41) is 9.81. The molecule has 0 aliphatic carbocycles. The predicted octanol–water partition coefficient (Wildman–Crippen LogP) is -0.157. The first kappa shape index (κ1) is 10.8. The number of carboxylic acid groups (broad SMARTS) is 1. The van der Waals surface area contributed by atoms with Crippen LogP contribution in [0.3, 0.4) is 0 Å². The molecular formula is C5H11NO3. The minimum absolute atomic E-state index is 0.00463. The van der Waals surface area contributed by atoms with Crippen LogP contribution in [0.5, 0.6) is 0 Å². The van der Waals surface area contributed by atoms with Crippen LogP contribution in [0.1, 0.15) is 13.8 Å². The fourth-order valence-electron chi connectivity index (χ4n) is 0. The molecule has 0 radical (unpaired) electrons. The highest BCUT2D eigenvalue weighted by Crippen LogP contribution is 1.45. The molecular weight excluding hydrogens is 122 g/mol. The summed E-state index contributed by atoms with van der Waals surface area (Å²) >= 11 is 0. The van der Waals surface area contributed by atoms with Gasteiger partial charge in [0.25, 0.3) is 5.97 Å². The molecule has 0 aliphatic heterocycles.